The first kappa shape index (κ1) is 24.9. The highest BCUT2D eigenvalue weighted by Crippen LogP contribution is 2.58. The van der Waals surface area contributed by atoms with Crippen molar-refractivity contribution in [1.29, 1.82) is 0 Å². The number of phenolic OH excluding ortho intramolecular Hbond substituents is 1. The van der Waals surface area contributed by atoms with Crippen molar-refractivity contribution in [3.63, 3.8) is 0 Å². The number of phenols is 1. The maximum Gasteiger partial charge on any atom is 0.209 e. The van der Waals surface area contributed by atoms with Crippen LogP contribution in [0.15, 0.2) is 34.8 Å². The lowest BCUT2D eigenvalue weighted by atomic mass is 9.52. The Morgan fingerprint density at radius 2 is 1.74 bits per heavy atom. The number of aromatic hydroxyl groups is 1. The molecule has 0 amide bonds. The molecule has 4 atom stereocenters. The van der Waals surface area contributed by atoms with Gasteiger partial charge in [-0.25, -0.2) is 0 Å². The zero-order valence-electron chi connectivity index (χ0n) is 20.3. The molecule has 0 radical (unpaired) electrons. The molecule has 0 aliphatic heterocycles. The third-order valence-electron chi connectivity index (χ3n) is 7.69. The molecule has 4 rings (SSSR count). The molecule has 0 bridgehead atoms. The summed E-state index contributed by atoms with van der Waals surface area (Å²) in [6, 6.07) is 1.93. The monoisotopic (exact) mass is 486 g/mol. The van der Waals surface area contributed by atoms with Crippen LogP contribution in [-0.4, -0.2) is 94.2 Å². The lowest BCUT2D eigenvalue weighted by Gasteiger charge is -2.54. The quantitative estimate of drug-likeness (QED) is 0.383. The Morgan fingerprint density at radius 3 is 2.26 bits per heavy atom. The zero-order valence-corrected chi connectivity index (χ0v) is 20.3. The molecule has 10 nitrogen and oxygen atoms in total. The number of rotatable bonds is 4. The summed E-state index contributed by atoms with van der Waals surface area (Å²) >= 11 is 0. The number of likely N-dealkylation sites (N-methyl/N-ethyl adjacent to an activating group) is 1. The van der Waals surface area contributed by atoms with Crippen LogP contribution in [-0.2, 0) is 16.0 Å². The number of hydrogen-bond donors (Lipinski definition) is 5. The lowest BCUT2D eigenvalue weighted by Crippen LogP contribution is -2.65. The molecule has 35 heavy (non-hydrogen) atoms. The fourth-order valence-electron chi connectivity index (χ4n) is 6.14. The van der Waals surface area contributed by atoms with Crippen molar-refractivity contribution >= 4 is 23.0 Å². The summed E-state index contributed by atoms with van der Waals surface area (Å²) in [6.07, 6.45) is -0.131. The average molecular weight is 487 g/mol. The summed E-state index contributed by atoms with van der Waals surface area (Å²) in [7, 11) is 6.69. The number of carbonyl (C=O) groups is 3. The van der Waals surface area contributed by atoms with Crippen molar-refractivity contribution in [2.45, 2.75) is 31.4 Å². The molecule has 0 unspecified atom stereocenters. The van der Waals surface area contributed by atoms with Crippen molar-refractivity contribution in [2.24, 2.45) is 11.3 Å². The summed E-state index contributed by atoms with van der Waals surface area (Å²) in [5.41, 5.74) is -4.10. The number of anilines is 1. The number of carbonyl (C=O) groups excluding carboxylic acids is 3. The van der Waals surface area contributed by atoms with Crippen molar-refractivity contribution in [2.75, 3.05) is 39.7 Å². The van der Waals surface area contributed by atoms with Gasteiger partial charge in [0.15, 0.2) is 17.2 Å². The van der Waals surface area contributed by atoms with Gasteiger partial charge in [0.05, 0.1) is 23.8 Å². The largest absolute Gasteiger partial charge is 0.510 e. The molecule has 188 valence electrons. The Bertz CT molecular complexity index is 1230. The Labute approximate surface area is 202 Å². The Morgan fingerprint density at radius 1 is 1.11 bits per heavy atom. The van der Waals surface area contributed by atoms with Crippen molar-refractivity contribution in [1.82, 2.24) is 4.90 Å². The summed E-state index contributed by atoms with van der Waals surface area (Å²) in [6.45, 7) is 0.457. The Balaban J connectivity index is 2.07. The van der Waals surface area contributed by atoms with E-state index in [1.54, 1.807) is 39.2 Å². The van der Waals surface area contributed by atoms with Gasteiger partial charge in [-0.15, -0.1) is 0 Å². The van der Waals surface area contributed by atoms with Gasteiger partial charge in [0.1, 0.15) is 22.8 Å². The zero-order chi connectivity index (χ0) is 26.2. The molecule has 0 saturated carbocycles. The van der Waals surface area contributed by atoms with E-state index in [2.05, 4.69) is 0 Å². The van der Waals surface area contributed by atoms with E-state index in [-0.39, 0.29) is 29.7 Å². The molecule has 3 aliphatic carbocycles. The number of benzene rings is 1. The van der Waals surface area contributed by atoms with Gasteiger partial charge in [-0.05, 0) is 51.6 Å². The van der Waals surface area contributed by atoms with Gasteiger partial charge in [-0.3, -0.25) is 19.3 Å². The normalized spacial score (nSPS) is 30.3. The van der Waals surface area contributed by atoms with Gasteiger partial charge in [-0.1, -0.05) is 0 Å². The van der Waals surface area contributed by atoms with Crippen LogP contribution in [0, 0.1) is 11.3 Å². The minimum absolute atomic E-state index is 0.0246. The second-order valence-electron chi connectivity index (χ2n) is 10.2. The number of hydrogen-bond acceptors (Lipinski definition) is 10. The molecule has 0 spiro atoms. The minimum atomic E-state index is -2.68. The molecule has 1 aromatic carbocycles. The molecule has 3 aliphatic rings. The summed E-state index contributed by atoms with van der Waals surface area (Å²) in [5, 5.41) is 55.2. The summed E-state index contributed by atoms with van der Waals surface area (Å²) in [4.78, 5) is 42.7. The average Bonchev–Trinajstić information content (AvgIpc) is 2.75. The van der Waals surface area contributed by atoms with E-state index in [0.29, 0.717) is 11.3 Å². The molecule has 5 N–H and O–H groups in total. The molecular weight excluding hydrogens is 456 g/mol. The van der Waals surface area contributed by atoms with Crippen LogP contribution in [0.3, 0.4) is 0 Å². The SMILES string of the molecule is CC(=O)C1=C(O)[C@@H](N(C)C)[C@@H]2C[C@]3(CO)Cc4c(N(C)C)ccc(O)c4C(=O)C3=C(O)[C@]2(O)C1=O. The van der Waals surface area contributed by atoms with E-state index < -0.39 is 64.0 Å². The molecular formula is C25H30N2O8. The first-order valence-electron chi connectivity index (χ1n) is 11.2. The van der Waals surface area contributed by atoms with Crippen LogP contribution in [0.1, 0.15) is 29.3 Å². The lowest BCUT2D eigenvalue weighted by molar-refractivity contribution is -0.151. The van der Waals surface area contributed by atoms with Gasteiger partial charge in [0.25, 0.3) is 0 Å². The van der Waals surface area contributed by atoms with E-state index in [4.69, 9.17) is 0 Å². The highest BCUT2D eigenvalue weighted by atomic mass is 16.3. The van der Waals surface area contributed by atoms with Gasteiger partial charge in [0, 0.05) is 31.1 Å². The third-order valence-corrected chi connectivity index (χ3v) is 7.69. The number of ketones is 3. The number of nitrogens with zero attached hydrogens (tertiary/aromatic N) is 2. The first-order valence-corrected chi connectivity index (χ1v) is 11.2. The van der Waals surface area contributed by atoms with Gasteiger partial charge in [-0.2, -0.15) is 0 Å². The predicted molar refractivity (Wildman–Crippen MR) is 126 cm³/mol. The van der Waals surface area contributed by atoms with Crippen LogP contribution in [0.2, 0.25) is 0 Å². The van der Waals surface area contributed by atoms with Crippen LogP contribution in [0.5, 0.6) is 5.75 Å². The second-order valence-corrected chi connectivity index (χ2v) is 10.2. The number of aliphatic hydroxyl groups excluding tert-OH is 3. The highest BCUT2D eigenvalue weighted by molar-refractivity contribution is 6.25. The molecule has 10 heteroatoms. The van der Waals surface area contributed by atoms with E-state index in [9.17, 15) is 39.9 Å². The van der Waals surface area contributed by atoms with Gasteiger partial charge in [0.2, 0.25) is 5.78 Å². The van der Waals surface area contributed by atoms with Crippen molar-refractivity contribution in [3.8, 4) is 5.75 Å². The van der Waals surface area contributed by atoms with Crippen LogP contribution in [0.25, 0.3) is 0 Å². The standard InChI is InChI=1S/C25H30N2O8/c1-11(29)16-21(32)19(27(4)5)13-9-24(10-28)8-12-14(26(2)3)6-7-15(30)17(12)20(31)18(24)23(34)25(13,35)22(16)33/h6-7,13,19,28,30,32,34-35H,8-10H2,1-5H3/t13-,19-,24-,25+/m0/s1. The molecule has 1 aromatic rings. The Kier molecular flexibility index (Phi) is 5.62. The number of Topliss-reactive ketones (excluding diaryl/α,β-unsaturated/α-hetero) is 3. The topological polar surface area (TPSA) is 159 Å². The van der Waals surface area contributed by atoms with Crippen molar-refractivity contribution < 1.29 is 39.9 Å². The number of fused-ring (bicyclic) bond motifs is 3. The Hall–Kier alpha value is -3.21. The third kappa shape index (κ3) is 3.10. The minimum Gasteiger partial charge on any atom is -0.510 e. The first-order chi connectivity index (χ1) is 16.2. The highest BCUT2D eigenvalue weighted by Gasteiger charge is 2.66. The smallest absolute Gasteiger partial charge is 0.209 e. The van der Waals surface area contributed by atoms with Crippen LogP contribution >= 0.6 is 0 Å². The second kappa shape index (κ2) is 7.91. The molecule has 0 saturated heterocycles. The maximum absolute atomic E-state index is 13.8. The van der Waals surface area contributed by atoms with E-state index >= 15 is 0 Å². The molecule has 0 heterocycles. The fraction of sp³-hybridized carbons (Fsp3) is 0.480. The van der Waals surface area contributed by atoms with Gasteiger partial charge >= 0.3 is 0 Å². The van der Waals surface area contributed by atoms with Crippen LogP contribution < -0.4 is 4.90 Å². The van der Waals surface area contributed by atoms with E-state index in [1.165, 1.54) is 11.0 Å². The van der Waals surface area contributed by atoms with Crippen LogP contribution in [0.4, 0.5) is 5.69 Å². The van der Waals surface area contributed by atoms with E-state index in [0.717, 1.165) is 6.92 Å². The predicted octanol–water partition coefficient (Wildman–Crippen LogP) is 0.653. The maximum atomic E-state index is 13.8. The fourth-order valence-corrected chi connectivity index (χ4v) is 6.14. The summed E-state index contributed by atoms with van der Waals surface area (Å²) < 4.78 is 0. The van der Waals surface area contributed by atoms with Crippen molar-refractivity contribution in [3.05, 3.63) is 45.9 Å². The van der Waals surface area contributed by atoms with Gasteiger partial charge < -0.3 is 30.4 Å². The molecule has 0 fully saturated rings. The summed E-state index contributed by atoms with van der Waals surface area (Å²) in [5.74, 6) is -5.82. The van der Waals surface area contributed by atoms with E-state index in [1.807, 2.05) is 0 Å². The molecule has 0 aromatic heterocycles. The number of aliphatic hydroxyl groups is 4.